The number of hydrogen-bond acceptors (Lipinski definition) is 8. The molecule has 0 bridgehead atoms. The van der Waals surface area contributed by atoms with E-state index in [1.807, 2.05) is 0 Å². The highest BCUT2D eigenvalue weighted by Crippen LogP contribution is 2.15. The van der Waals surface area contributed by atoms with Crippen molar-refractivity contribution in [3.8, 4) is 0 Å². The van der Waals surface area contributed by atoms with Gasteiger partial charge in [0.05, 0.1) is 26.2 Å². The smallest absolute Gasteiger partial charge is 0.211 e. The van der Waals surface area contributed by atoms with Crippen LogP contribution in [0.1, 0.15) is 84.0 Å². The van der Waals surface area contributed by atoms with Gasteiger partial charge in [-0.2, -0.15) is 0 Å². The summed E-state index contributed by atoms with van der Waals surface area (Å²) < 4.78 is 0. The fourth-order valence-electron chi connectivity index (χ4n) is 2.86. The molecule has 8 nitrogen and oxygen atoms in total. The quantitative estimate of drug-likeness (QED) is 0.172. The highest BCUT2D eigenvalue weighted by molar-refractivity contribution is 5.33. The van der Waals surface area contributed by atoms with E-state index in [1.54, 1.807) is 6.08 Å². The van der Waals surface area contributed by atoms with Gasteiger partial charge >= 0.3 is 0 Å². The normalized spacial score (nSPS) is 10.2. The Morgan fingerprint density at radius 2 is 0.967 bits per heavy atom. The lowest BCUT2D eigenvalue weighted by Gasteiger charge is -2.12. The summed E-state index contributed by atoms with van der Waals surface area (Å²) in [5.74, 6) is 0.286. The predicted octanol–water partition coefficient (Wildman–Crippen LogP) is 4.63. The van der Waals surface area contributed by atoms with Gasteiger partial charge in [0.15, 0.2) is 0 Å². The number of nitrogens with zero attached hydrogens (tertiary/aromatic N) is 4. The van der Waals surface area contributed by atoms with Gasteiger partial charge in [0.2, 0.25) is 24.3 Å². The molecule has 0 heterocycles. The van der Waals surface area contributed by atoms with Crippen LogP contribution in [0.2, 0.25) is 0 Å². The maximum atomic E-state index is 10.1. The van der Waals surface area contributed by atoms with Crippen LogP contribution in [-0.4, -0.2) is 50.5 Å². The van der Waals surface area contributed by atoms with E-state index in [4.69, 9.17) is 0 Å². The van der Waals surface area contributed by atoms with Gasteiger partial charge in [0.25, 0.3) is 0 Å². The Bertz CT molecular complexity index is 572. The summed E-state index contributed by atoms with van der Waals surface area (Å²) in [7, 11) is 0. The molecule has 0 radical (unpaired) electrons. The van der Waals surface area contributed by atoms with Crippen LogP contribution < -0.4 is 0 Å². The zero-order valence-corrected chi connectivity index (χ0v) is 18.3. The summed E-state index contributed by atoms with van der Waals surface area (Å²) in [6, 6.07) is 0. The van der Waals surface area contributed by atoms with Gasteiger partial charge in [-0.25, -0.2) is 39.1 Å². The highest BCUT2D eigenvalue weighted by atomic mass is 16.1. The molecule has 0 aliphatic carbocycles. The Labute approximate surface area is 180 Å². The third-order valence-electron chi connectivity index (χ3n) is 4.50. The van der Waals surface area contributed by atoms with Crippen LogP contribution in [0, 0.1) is 5.92 Å². The molecule has 0 aromatic heterocycles. The number of aliphatic imine (C=N–C) groups is 4. The second-order valence-electron chi connectivity index (χ2n) is 6.98. The fraction of sp³-hybridized carbons (Fsp3) is 0.818. The second-order valence-corrected chi connectivity index (χ2v) is 6.98. The first-order valence-electron chi connectivity index (χ1n) is 10.9. The molecule has 1 atom stereocenters. The fourth-order valence-corrected chi connectivity index (χ4v) is 2.86. The molecular weight excluding hydrogens is 384 g/mol. The van der Waals surface area contributed by atoms with E-state index in [2.05, 4.69) is 26.9 Å². The minimum atomic E-state index is 0.286. The molecular formula is C22H36N4O4. The van der Waals surface area contributed by atoms with E-state index in [1.165, 1.54) is 56.8 Å². The summed E-state index contributed by atoms with van der Waals surface area (Å²) in [6.45, 7) is 4.28. The minimum absolute atomic E-state index is 0.286. The van der Waals surface area contributed by atoms with Gasteiger partial charge in [-0.15, -0.1) is 0 Å². The number of hydrogen-bond donors (Lipinski definition) is 0. The molecule has 168 valence electrons. The topological polar surface area (TPSA) is 118 Å². The molecule has 0 spiro atoms. The predicted molar refractivity (Wildman–Crippen MR) is 117 cm³/mol. The van der Waals surface area contributed by atoms with Crippen LogP contribution in [0.4, 0.5) is 0 Å². The van der Waals surface area contributed by atoms with Gasteiger partial charge < -0.3 is 0 Å². The van der Waals surface area contributed by atoms with E-state index < -0.39 is 0 Å². The summed E-state index contributed by atoms with van der Waals surface area (Å²) in [5.41, 5.74) is 0. The lowest BCUT2D eigenvalue weighted by Crippen LogP contribution is -2.06. The molecule has 0 N–H and O–H groups in total. The third-order valence-corrected chi connectivity index (χ3v) is 4.50. The molecule has 0 fully saturated rings. The monoisotopic (exact) mass is 420 g/mol. The summed E-state index contributed by atoms with van der Waals surface area (Å²) >= 11 is 0. The van der Waals surface area contributed by atoms with E-state index in [0.717, 1.165) is 38.5 Å². The Morgan fingerprint density at radius 3 is 1.50 bits per heavy atom. The van der Waals surface area contributed by atoms with Crippen molar-refractivity contribution < 1.29 is 19.2 Å². The standard InChI is InChI=1S/C12H17N3O3.C10H19NO/c16-9-13-6-2-1-4-12(8-15-11-18)5-3-7-14-10-17;1-2-3-4-5-6-7-8-9-11-10-12/h12H,1-8H2;2-9H2,1H3. The van der Waals surface area contributed by atoms with Crippen LogP contribution in [0.15, 0.2) is 20.0 Å². The summed E-state index contributed by atoms with van der Waals surface area (Å²) in [5, 5.41) is 0. The second kappa shape index (κ2) is 28.7. The Kier molecular flexibility index (Phi) is 28.5. The zero-order valence-electron chi connectivity index (χ0n) is 18.3. The number of isocyanates is 4. The SMILES string of the molecule is CCCCCCCCCN=C=O.O=C=NCCCCC(CCCN=C=O)CN=C=O. The number of unbranched alkanes of at least 4 members (excludes halogenated alkanes) is 7. The first-order chi connectivity index (χ1) is 14.8. The van der Waals surface area contributed by atoms with Crippen molar-refractivity contribution in [2.45, 2.75) is 84.0 Å². The molecule has 0 aliphatic heterocycles. The molecule has 0 saturated heterocycles. The zero-order chi connectivity index (χ0) is 22.5. The van der Waals surface area contributed by atoms with Gasteiger partial charge in [-0.05, 0) is 38.0 Å². The van der Waals surface area contributed by atoms with Crippen LogP contribution in [-0.2, 0) is 19.2 Å². The first kappa shape index (κ1) is 29.7. The summed E-state index contributed by atoms with van der Waals surface area (Å²) in [6.07, 6.45) is 19.2. The lowest BCUT2D eigenvalue weighted by atomic mass is 9.97. The van der Waals surface area contributed by atoms with Crippen LogP contribution in [0.3, 0.4) is 0 Å². The molecule has 0 aliphatic rings. The molecule has 0 rings (SSSR count). The van der Waals surface area contributed by atoms with E-state index >= 15 is 0 Å². The van der Waals surface area contributed by atoms with Crippen molar-refractivity contribution >= 4 is 24.3 Å². The van der Waals surface area contributed by atoms with Crippen molar-refractivity contribution in [1.82, 2.24) is 0 Å². The van der Waals surface area contributed by atoms with Gasteiger partial charge in [-0.1, -0.05) is 51.9 Å². The molecule has 8 heteroatoms. The van der Waals surface area contributed by atoms with Crippen molar-refractivity contribution in [3.05, 3.63) is 0 Å². The molecule has 0 saturated carbocycles. The minimum Gasteiger partial charge on any atom is -0.211 e. The van der Waals surface area contributed by atoms with Crippen molar-refractivity contribution in [1.29, 1.82) is 0 Å². The average Bonchev–Trinajstić information content (AvgIpc) is 2.76. The average molecular weight is 421 g/mol. The maximum Gasteiger partial charge on any atom is 0.234 e. The van der Waals surface area contributed by atoms with Gasteiger partial charge in [-0.3, -0.25) is 0 Å². The third kappa shape index (κ3) is 27.7. The lowest BCUT2D eigenvalue weighted by molar-refractivity contribution is 0.430. The Balaban J connectivity index is 0. The van der Waals surface area contributed by atoms with E-state index in [0.29, 0.717) is 26.2 Å². The van der Waals surface area contributed by atoms with Gasteiger partial charge in [0, 0.05) is 0 Å². The molecule has 30 heavy (non-hydrogen) atoms. The molecule has 0 aromatic rings. The molecule has 1 unspecified atom stereocenters. The van der Waals surface area contributed by atoms with E-state index in [-0.39, 0.29) is 5.92 Å². The number of carbonyl (C=O) groups excluding carboxylic acids is 4. The van der Waals surface area contributed by atoms with Crippen LogP contribution in [0.25, 0.3) is 0 Å². The van der Waals surface area contributed by atoms with Crippen molar-refractivity contribution in [2.75, 3.05) is 26.2 Å². The largest absolute Gasteiger partial charge is 0.234 e. The molecule has 0 amide bonds. The van der Waals surface area contributed by atoms with Crippen molar-refractivity contribution in [2.24, 2.45) is 25.9 Å². The highest BCUT2D eigenvalue weighted by Gasteiger charge is 2.07. The maximum absolute atomic E-state index is 10.1. The number of rotatable bonds is 19. The van der Waals surface area contributed by atoms with Crippen LogP contribution in [0.5, 0.6) is 0 Å². The first-order valence-corrected chi connectivity index (χ1v) is 10.9. The van der Waals surface area contributed by atoms with Crippen molar-refractivity contribution in [3.63, 3.8) is 0 Å². The Hall–Kier alpha value is -2.48. The molecule has 0 aromatic carbocycles. The van der Waals surface area contributed by atoms with Gasteiger partial charge in [0.1, 0.15) is 0 Å². The Morgan fingerprint density at radius 1 is 0.533 bits per heavy atom. The van der Waals surface area contributed by atoms with Crippen LogP contribution >= 0.6 is 0 Å². The van der Waals surface area contributed by atoms with E-state index in [9.17, 15) is 19.2 Å². The summed E-state index contributed by atoms with van der Waals surface area (Å²) in [4.78, 5) is 53.5.